The number of benzene rings is 2. The lowest BCUT2D eigenvalue weighted by Crippen LogP contribution is -2.70. The number of thioether (sulfide) groups is 1. The van der Waals surface area contributed by atoms with Crippen LogP contribution in [0.4, 0.5) is 0 Å². The zero-order valence-electron chi connectivity index (χ0n) is 23.1. The Kier molecular flexibility index (Phi) is 7.86. The van der Waals surface area contributed by atoms with Gasteiger partial charge in [-0.1, -0.05) is 30.3 Å². The molecule has 4 rings (SSSR count). The van der Waals surface area contributed by atoms with Crippen LogP contribution in [-0.4, -0.2) is 101 Å². The van der Waals surface area contributed by atoms with Crippen LogP contribution in [0.25, 0.3) is 10.8 Å². The largest absolute Gasteiger partial charge is 0.493 e. The summed E-state index contributed by atoms with van der Waals surface area (Å²) in [5.74, 6) is -2.09. The summed E-state index contributed by atoms with van der Waals surface area (Å²) in [5.41, 5.74) is 0.358. The number of fused-ring (bicyclic) bond motifs is 2. The lowest BCUT2D eigenvalue weighted by molar-refractivity contribution is -0.873. The fourth-order valence-electron chi connectivity index (χ4n) is 5.28. The van der Waals surface area contributed by atoms with Gasteiger partial charge in [-0.05, 0) is 37.6 Å². The fraction of sp³-hybridized carbons (Fsp3) is 0.500. The molecule has 2 N–H and O–H groups in total. The number of aliphatic carboxylic acids is 1. The number of hydrogen-bond donors (Lipinski definition) is 2. The van der Waals surface area contributed by atoms with Crippen LogP contribution < -0.4 is 10.1 Å². The molecule has 2 heterocycles. The van der Waals surface area contributed by atoms with Crippen LogP contribution in [0.5, 0.6) is 5.75 Å². The van der Waals surface area contributed by atoms with Crippen molar-refractivity contribution < 1.29 is 38.2 Å². The molecule has 10 nitrogen and oxygen atoms in total. The topological polar surface area (TPSA) is 122 Å². The van der Waals surface area contributed by atoms with Crippen molar-refractivity contribution in [1.82, 2.24) is 10.2 Å². The summed E-state index contributed by atoms with van der Waals surface area (Å²) in [7, 11) is 5.65. The van der Waals surface area contributed by atoms with E-state index in [-0.39, 0.29) is 12.3 Å². The van der Waals surface area contributed by atoms with Crippen molar-refractivity contribution in [1.29, 1.82) is 0 Å². The van der Waals surface area contributed by atoms with Crippen LogP contribution in [0.1, 0.15) is 37.6 Å². The van der Waals surface area contributed by atoms with Gasteiger partial charge in [-0.15, -0.1) is 11.8 Å². The monoisotopic (exact) mass is 558 g/mol. The molecule has 2 amide bonds. The smallest absolute Gasteiger partial charge is 0.330 e. The molecule has 39 heavy (non-hydrogen) atoms. The third kappa shape index (κ3) is 5.84. The first-order valence-corrected chi connectivity index (χ1v) is 13.8. The van der Waals surface area contributed by atoms with E-state index in [2.05, 4.69) is 5.32 Å². The van der Waals surface area contributed by atoms with Crippen molar-refractivity contribution in [2.24, 2.45) is 0 Å². The van der Waals surface area contributed by atoms with Crippen molar-refractivity contribution in [2.75, 3.05) is 34.3 Å². The number of β-lactam (4-membered cyclic amide) rings is 1. The number of hydrogen-bond acceptors (Lipinski definition) is 7. The third-order valence-corrected chi connectivity index (χ3v) is 8.38. The number of carboxylic acids is 1. The van der Waals surface area contributed by atoms with Crippen LogP contribution in [0.2, 0.25) is 0 Å². The molecule has 0 spiro atoms. The number of nitrogens with one attached hydrogen (secondary N) is 1. The lowest BCUT2D eigenvalue weighted by atomic mass is 9.95. The van der Waals surface area contributed by atoms with E-state index < -0.39 is 46.2 Å². The average Bonchev–Trinajstić information content (AvgIpc) is 3.08. The highest BCUT2D eigenvalue weighted by atomic mass is 32.2. The van der Waals surface area contributed by atoms with E-state index in [1.807, 2.05) is 72.2 Å². The highest BCUT2D eigenvalue weighted by Crippen LogP contribution is 2.51. The van der Waals surface area contributed by atoms with E-state index >= 15 is 0 Å². The Bertz CT molecular complexity index is 1310. The molecule has 2 saturated heterocycles. The predicted octanol–water partition coefficient (Wildman–Crippen LogP) is 2.49. The first-order valence-electron chi connectivity index (χ1n) is 12.9. The van der Waals surface area contributed by atoms with Gasteiger partial charge in [-0.25, -0.2) is 4.79 Å². The Hall–Kier alpha value is -3.31. The standard InChI is InChI=1S/C28H35N3O7S/c1-7-37-19-13-12-16-10-8-9-11-18(16)21(19)24(34)29-22-25(35)30-23(28(2,3)39-26(22)30)27(36)38-17(14-20(32)33)15-31(4,5)6/h8-13,17,22-23,26H,7,14-15H2,1-6H3,(H-,29,32,33,34)/p+1/t17?,22-,23+,26-/m1/s1. The Morgan fingerprint density at radius 3 is 2.49 bits per heavy atom. The number of quaternary nitrogens is 1. The summed E-state index contributed by atoms with van der Waals surface area (Å²) in [4.78, 5) is 53.1. The molecule has 0 radical (unpaired) electrons. The summed E-state index contributed by atoms with van der Waals surface area (Å²) in [6, 6.07) is 9.36. The zero-order valence-corrected chi connectivity index (χ0v) is 23.9. The normalized spacial score (nSPS) is 22.6. The maximum Gasteiger partial charge on any atom is 0.330 e. The van der Waals surface area contributed by atoms with Crippen molar-refractivity contribution in [3.05, 3.63) is 42.0 Å². The molecule has 0 saturated carbocycles. The van der Waals surface area contributed by atoms with Crippen molar-refractivity contribution in [3.63, 3.8) is 0 Å². The fourth-order valence-corrected chi connectivity index (χ4v) is 6.90. The number of esters is 1. The van der Waals surface area contributed by atoms with E-state index in [1.165, 1.54) is 16.7 Å². The van der Waals surface area contributed by atoms with Gasteiger partial charge in [0.05, 0.1) is 39.7 Å². The molecule has 0 aliphatic carbocycles. The molecule has 0 bridgehead atoms. The lowest BCUT2D eigenvalue weighted by Gasteiger charge is -2.44. The molecule has 2 aliphatic rings. The van der Waals surface area contributed by atoms with Gasteiger partial charge in [0, 0.05) is 4.75 Å². The highest BCUT2D eigenvalue weighted by molar-refractivity contribution is 8.01. The predicted molar refractivity (Wildman–Crippen MR) is 147 cm³/mol. The number of nitrogens with zero attached hydrogens (tertiary/aromatic N) is 2. The molecule has 2 fully saturated rings. The molecule has 11 heteroatoms. The number of amides is 2. The van der Waals surface area contributed by atoms with Gasteiger partial charge in [0.1, 0.15) is 29.8 Å². The maximum absolute atomic E-state index is 13.5. The average molecular weight is 559 g/mol. The van der Waals surface area contributed by atoms with Gasteiger partial charge < -0.3 is 29.3 Å². The molecular formula is C28H36N3O7S+. The quantitative estimate of drug-likeness (QED) is 0.259. The minimum Gasteiger partial charge on any atom is -0.493 e. The number of carbonyl (C=O) groups excluding carboxylic acids is 3. The van der Waals surface area contributed by atoms with Gasteiger partial charge >= 0.3 is 11.9 Å². The van der Waals surface area contributed by atoms with Crippen LogP contribution in [0, 0.1) is 0 Å². The van der Waals surface area contributed by atoms with E-state index in [9.17, 15) is 24.3 Å². The molecule has 1 unspecified atom stereocenters. The maximum atomic E-state index is 13.5. The van der Waals surface area contributed by atoms with E-state index in [0.29, 0.717) is 34.3 Å². The molecule has 0 aromatic heterocycles. The molecular weight excluding hydrogens is 522 g/mol. The van der Waals surface area contributed by atoms with E-state index in [4.69, 9.17) is 9.47 Å². The summed E-state index contributed by atoms with van der Waals surface area (Å²) >= 11 is 1.41. The van der Waals surface area contributed by atoms with Crippen LogP contribution in [0.3, 0.4) is 0 Å². The first kappa shape index (κ1) is 28.7. The second-order valence-electron chi connectivity index (χ2n) is 11.4. The molecule has 4 atom stereocenters. The minimum atomic E-state index is -1.07. The minimum absolute atomic E-state index is 0.307. The van der Waals surface area contributed by atoms with Crippen LogP contribution >= 0.6 is 11.8 Å². The number of likely N-dealkylation sites (N-methyl/N-ethyl adjacent to an activating group) is 1. The Labute approximate surface area is 232 Å². The molecule has 2 aromatic rings. The molecule has 2 aliphatic heterocycles. The third-order valence-electron chi connectivity index (χ3n) is 6.81. The Morgan fingerprint density at radius 2 is 1.85 bits per heavy atom. The van der Waals surface area contributed by atoms with Crippen LogP contribution in [-0.2, 0) is 19.1 Å². The second-order valence-corrected chi connectivity index (χ2v) is 13.2. The van der Waals surface area contributed by atoms with Gasteiger partial charge in [0.2, 0.25) is 5.91 Å². The highest BCUT2D eigenvalue weighted by Gasteiger charge is 2.64. The second kappa shape index (κ2) is 10.7. The van der Waals surface area contributed by atoms with Gasteiger partial charge in [0.15, 0.2) is 6.10 Å². The molecule has 2 aromatic carbocycles. The van der Waals surface area contributed by atoms with Crippen molar-refractivity contribution in [2.45, 2.75) is 55.5 Å². The van der Waals surface area contributed by atoms with E-state index in [0.717, 1.165) is 5.39 Å². The summed E-state index contributed by atoms with van der Waals surface area (Å²) in [6.07, 6.45) is -1.17. The summed E-state index contributed by atoms with van der Waals surface area (Å²) < 4.78 is 11.1. The SMILES string of the molecule is CCOc1ccc2ccccc2c1C(=O)N[C@@H]1C(=O)N2[C@@H]1SC(C)(C)[C@@H]2C(=O)OC(CC(=O)O)C[N+](C)(C)C. The van der Waals surface area contributed by atoms with Gasteiger partial charge in [-0.2, -0.15) is 0 Å². The number of ether oxygens (including phenoxy) is 2. The Morgan fingerprint density at radius 1 is 1.15 bits per heavy atom. The van der Waals surface area contributed by atoms with Gasteiger partial charge in [0.25, 0.3) is 5.91 Å². The zero-order chi connectivity index (χ0) is 28.7. The van der Waals surface area contributed by atoms with Crippen molar-refractivity contribution >= 4 is 46.3 Å². The van der Waals surface area contributed by atoms with Gasteiger partial charge in [-0.3, -0.25) is 14.4 Å². The van der Waals surface area contributed by atoms with E-state index in [1.54, 1.807) is 6.07 Å². The van der Waals surface area contributed by atoms with Crippen molar-refractivity contribution in [3.8, 4) is 5.75 Å². The number of carboxylic acid groups (broad SMARTS) is 1. The Balaban J connectivity index is 1.54. The molecule has 210 valence electrons. The number of carbonyl (C=O) groups is 4. The summed E-state index contributed by atoms with van der Waals surface area (Å²) in [5, 5.41) is 13.3. The number of rotatable bonds is 10. The van der Waals surface area contributed by atoms with Crippen LogP contribution in [0.15, 0.2) is 36.4 Å². The first-order chi connectivity index (χ1) is 18.2. The summed E-state index contributed by atoms with van der Waals surface area (Å²) in [6.45, 7) is 6.21.